The van der Waals surface area contributed by atoms with Crippen molar-refractivity contribution in [2.75, 3.05) is 7.05 Å². The van der Waals surface area contributed by atoms with Crippen molar-refractivity contribution in [2.24, 2.45) is 0 Å². The lowest BCUT2D eigenvalue weighted by molar-refractivity contribution is 0.0693. The fourth-order valence-electron chi connectivity index (χ4n) is 3.42. The third-order valence-corrected chi connectivity index (χ3v) is 8.02. The maximum absolute atomic E-state index is 12.5. The number of imide groups is 1. The average Bonchev–Trinajstić information content (AvgIpc) is 3.26. The monoisotopic (exact) mass is 383 g/mol. The fourth-order valence-corrected chi connectivity index (χ4v) is 6.72. The third-order valence-electron chi connectivity index (χ3n) is 4.62. The number of carbonyl (C=O) groups is 2. The van der Waals surface area contributed by atoms with Crippen LogP contribution in [0.4, 0.5) is 0 Å². The van der Waals surface area contributed by atoms with Crippen LogP contribution in [0, 0.1) is 13.8 Å². The minimum absolute atomic E-state index is 0.183. The molecule has 124 valence electrons. The molecule has 0 bridgehead atoms. The summed E-state index contributed by atoms with van der Waals surface area (Å²) in [5.41, 5.74) is 1.17. The summed E-state index contributed by atoms with van der Waals surface area (Å²) in [5.74, 6) is -0.370. The van der Waals surface area contributed by atoms with Crippen molar-refractivity contribution in [3.05, 3.63) is 45.1 Å². The molecule has 1 aliphatic heterocycles. The highest BCUT2D eigenvalue weighted by Crippen LogP contribution is 2.45. The molecule has 4 aromatic rings. The highest BCUT2D eigenvalue weighted by Gasteiger charge is 2.39. The van der Waals surface area contributed by atoms with Crippen LogP contribution in [-0.4, -0.2) is 23.8 Å². The lowest BCUT2D eigenvalue weighted by Gasteiger charge is -2.05. The molecule has 3 nitrogen and oxygen atoms in total. The van der Waals surface area contributed by atoms with E-state index in [4.69, 9.17) is 0 Å². The van der Waals surface area contributed by atoms with Gasteiger partial charge < -0.3 is 0 Å². The normalized spacial score (nSPS) is 14.3. The second-order valence-corrected chi connectivity index (χ2v) is 9.90. The van der Waals surface area contributed by atoms with Crippen LogP contribution in [-0.2, 0) is 0 Å². The summed E-state index contributed by atoms with van der Waals surface area (Å²) < 4.78 is 2.50. The van der Waals surface area contributed by atoms with Crippen molar-refractivity contribution < 1.29 is 9.59 Å². The summed E-state index contributed by atoms with van der Waals surface area (Å²) >= 11 is 5.04. The van der Waals surface area contributed by atoms with Gasteiger partial charge in [0.1, 0.15) is 0 Å². The van der Waals surface area contributed by atoms with Crippen LogP contribution >= 0.6 is 34.0 Å². The van der Waals surface area contributed by atoms with Gasteiger partial charge in [-0.2, -0.15) is 0 Å². The van der Waals surface area contributed by atoms with Crippen LogP contribution < -0.4 is 0 Å². The number of aryl methyl sites for hydroxylation is 2. The molecule has 0 atom stereocenters. The number of carbonyl (C=O) groups excluding carboxylic acids is 2. The van der Waals surface area contributed by atoms with Gasteiger partial charge in [-0.3, -0.25) is 14.5 Å². The van der Waals surface area contributed by atoms with E-state index in [1.54, 1.807) is 41.1 Å². The molecule has 0 spiro atoms. The lowest BCUT2D eigenvalue weighted by atomic mass is 10.1. The van der Waals surface area contributed by atoms with Crippen molar-refractivity contribution >= 4 is 66.0 Å². The molecule has 0 radical (unpaired) electrons. The van der Waals surface area contributed by atoms with E-state index in [0.717, 1.165) is 14.6 Å². The molecule has 3 aromatic heterocycles. The van der Waals surface area contributed by atoms with E-state index in [1.165, 1.54) is 29.9 Å². The number of benzene rings is 1. The van der Waals surface area contributed by atoms with Crippen LogP contribution in [0.3, 0.4) is 0 Å². The first kappa shape index (κ1) is 15.3. The zero-order chi connectivity index (χ0) is 17.5. The minimum Gasteiger partial charge on any atom is -0.277 e. The Morgan fingerprint density at radius 3 is 2.20 bits per heavy atom. The molecular weight excluding hydrogens is 370 g/mol. The SMILES string of the molecule is Cc1cc2cc3sc(-c4sc(C)c5c4C(=O)N(C)C5=O)cc3cc2s1. The smallest absolute Gasteiger partial charge is 0.262 e. The molecule has 0 aliphatic carbocycles. The maximum atomic E-state index is 12.5. The Balaban J connectivity index is 1.75. The van der Waals surface area contributed by atoms with Crippen LogP contribution in [0.1, 0.15) is 30.5 Å². The Bertz CT molecular complexity index is 1170. The highest BCUT2D eigenvalue weighted by molar-refractivity contribution is 7.26. The molecule has 0 fully saturated rings. The molecular formula is C19H13NO2S3. The van der Waals surface area contributed by atoms with Gasteiger partial charge in [-0.15, -0.1) is 34.0 Å². The number of hydrogen-bond donors (Lipinski definition) is 0. The number of thiophene rings is 3. The molecule has 0 saturated heterocycles. The van der Waals surface area contributed by atoms with Gasteiger partial charge in [0, 0.05) is 31.1 Å². The average molecular weight is 384 g/mol. The molecule has 0 N–H and O–H groups in total. The topological polar surface area (TPSA) is 37.4 Å². The summed E-state index contributed by atoms with van der Waals surface area (Å²) in [6, 6.07) is 8.81. The van der Waals surface area contributed by atoms with Crippen molar-refractivity contribution in [1.82, 2.24) is 4.90 Å². The molecule has 1 aromatic carbocycles. The number of fused-ring (bicyclic) bond motifs is 3. The maximum Gasteiger partial charge on any atom is 0.262 e. The molecule has 0 saturated carbocycles. The Kier molecular flexibility index (Phi) is 3.05. The Hall–Kier alpha value is -2.02. The minimum atomic E-state index is -0.187. The van der Waals surface area contributed by atoms with Gasteiger partial charge in [0.05, 0.1) is 16.0 Å². The summed E-state index contributed by atoms with van der Waals surface area (Å²) in [7, 11) is 1.56. The molecule has 0 unspecified atom stereocenters. The highest BCUT2D eigenvalue weighted by atomic mass is 32.1. The number of rotatable bonds is 1. The first-order chi connectivity index (χ1) is 11.9. The lowest BCUT2D eigenvalue weighted by Crippen LogP contribution is -2.24. The quantitative estimate of drug-likeness (QED) is 0.396. The molecule has 1 aliphatic rings. The number of nitrogens with zero attached hydrogens (tertiary/aromatic N) is 1. The number of amides is 2. The van der Waals surface area contributed by atoms with E-state index in [1.807, 2.05) is 6.92 Å². The largest absolute Gasteiger partial charge is 0.277 e. The van der Waals surface area contributed by atoms with E-state index in [-0.39, 0.29) is 11.8 Å². The first-order valence-electron chi connectivity index (χ1n) is 7.84. The molecule has 2 amide bonds. The second kappa shape index (κ2) is 5.00. The van der Waals surface area contributed by atoms with Crippen molar-refractivity contribution in [3.63, 3.8) is 0 Å². The van der Waals surface area contributed by atoms with Gasteiger partial charge in [0.15, 0.2) is 0 Å². The van der Waals surface area contributed by atoms with E-state index in [2.05, 4.69) is 31.2 Å². The van der Waals surface area contributed by atoms with Crippen molar-refractivity contribution in [1.29, 1.82) is 0 Å². The summed E-state index contributed by atoms with van der Waals surface area (Å²) in [6.07, 6.45) is 0. The van der Waals surface area contributed by atoms with Gasteiger partial charge in [-0.25, -0.2) is 0 Å². The van der Waals surface area contributed by atoms with Gasteiger partial charge >= 0.3 is 0 Å². The molecule has 6 heteroatoms. The predicted octanol–water partition coefficient (Wildman–Crippen LogP) is 5.69. The van der Waals surface area contributed by atoms with Gasteiger partial charge in [0.2, 0.25) is 0 Å². The Morgan fingerprint density at radius 2 is 1.44 bits per heavy atom. The number of hydrogen-bond acceptors (Lipinski definition) is 5. The Morgan fingerprint density at radius 1 is 0.800 bits per heavy atom. The molecule has 5 rings (SSSR count). The third kappa shape index (κ3) is 2.02. The first-order valence-corrected chi connectivity index (χ1v) is 10.3. The second-order valence-electron chi connectivity index (χ2n) is 6.30. The fraction of sp³-hybridized carbons (Fsp3) is 0.158. The zero-order valence-corrected chi connectivity index (χ0v) is 16.2. The molecule has 4 heterocycles. The summed E-state index contributed by atoms with van der Waals surface area (Å²) in [5, 5.41) is 2.46. The van der Waals surface area contributed by atoms with E-state index >= 15 is 0 Å². The molecule has 25 heavy (non-hydrogen) atoms. The predicted molar refractivity (Wildman–Crippen MR) is 106 cm³/mol. The van der Waals surface area contributed by atoms with Crippen molar-refractivity contribution in [3.8, 4) is 9.75 Å². The van der Waals surface area contributed by atoms with E-state index < -0.39 is 0 Å². The van der Waals surface area contributed by atoms with E-state index in [9.17, 15) is 9.59 Å². The van der Waals surface area contributed by atoms with Crippen molar-refractivity contribution in [2.45, 2.75) is 13.8 Å². The zero-order valence-electron chi connectivity index (χ0n) is 13.8. The van der Waals surface area contributed by atoms with Crippen LogP contribution in [0.15, 0.2) is 24.3 Å². The van der Waals surface area contributed by atoms with Gasteiger partial charge in [-0.05, 0) is 48.9 Å². The van der Waals surface area contributed by atoms with Crippen LogP contribution in [0.25, 0.3) is 29.9 Å². The summed E-state index contributed by atoms with van der Waals surface area (Å²) in [4.78, 5) is 30.3. The van der Waals surface area contributed by atoms with Crippen LogP contribution in [0.2, 0.25) is 0 Å². The van der Waals surface area contributed by atoms with Gasteiger partial charge in [-0.1, -0.05) is 0 Å². The van der Waals surface area contributed by atoms with Crippen LogP contribution in [0.5, 0.6) is 0 Å². The van der Waals surface area contributed by atoms with Gasteiger partial charge in [0.25, 0.3) is 11.8 Å². The summed E-state index contributed by atoms with van der Waals surface area (Å²) in [6.45, 7) is 4.05. The Labute approximate surface area is 156 Å². The van der Waals surface area contributed by atoms with E-state index in [0.29, 0.717) is 11.1 Å². The standard InChI is InChI=1S/C19H13NO2S3/c1-8-4-10-5-13-11(6-12(10)23-8)7-14(25-13)17-16-15(9(2)24-17)18(21)20(3)19(16)22/h4-7H,1-3H3.